The summed E-state index contributed by atoms with van der Waals surface area (Å²) in [5.41, 5.74) is 0. The molecule has 108 valence electrons. The van der Waals surface area contributed by atoms with E-state index in [1.165, 1.54) is 0 Å². The second-order valence-electron chi connectivity index (χ2n) is 4.97. The van der Waals surface area contributed by atoms with Crippen molar-refractivity contribution in [1.82, 2.24) is 15.0 Å². The number of rotatable bonds is 5. The van der Waals surface area contributed by atoms with Crippen LogP contribution >= 0.6 is 11.6 Å². The second kappa shape index (κ2) is 6.71. The zero-order valence-corrected chi connectivity index (χ0v) is 12.6. The lowest BCUT2D eigenvalue weighted by atomic mass is 10.2. The first-order valence-corrected chi connectivity index (χ1v) is 7.33. The topological polar surface area (TPSA) is 68.9 Å². The Bertz CT molecular complexity index is 494. The summed E-state index contributed by atoms with van der Waals surface area (Å²) in [6.07, 6.45) is 2.31. The molecular formula is C13H19ClN6. The molecule has 0 aromatic carbocycles. The van der Waals surface area contributed by atoms with Crippen molar-refractivity contribution in [3.8, 4) is 6.07 Å². The summed E-state index contributed by atoms with van der Waals surface area (Å²) in [5, 5.41) is 9.15. The number of aromatic nitrogens is 3. The van der Waals surface area contributed by atoms with Crippen LogP contribution in [0.2, 0.25) is 5.28 Å². The van der Waals surface area contributed by atoms with Gasteiger partial charge in [0.05, 0.1) is 12.0 Å². The molecule has 0 spiro atoms. The maximum Gasteiger partial charge on any atom is 0.231 e. The molecule has 1 aromatic heterocycles. The number of anilines is 2. The molecule has 0 radical (unpaired) electrons. The minimum atomic E-state index is -0.0827. The van der Waals surface area contributed by atoms with E-state index in [1.54, 1.807) is 0 Å². The molecule has 1 aliphatic heterocycles. The van der Waals surface area contributed by atoms with Crippen LogP contribution in [0.4, 0.5) is 11.9 Å². The molecule has 0 saturated carbocycles. The van der Waals surface area contributed by atoms with Gasteiger partial charge >= 0.3 is 0 Å². The lowest BCUT2D eigenvalue weighted by Crippen LogP contribution is -2.31. The fraction of sp³-hybridized carbons (Fsp3) is 0.692. The molecule has 0 aliphatic carbocycles. The van der Waals surface area contributed by atoms with Gasteiger partial charge in [-0.3, -0.25) is 0 Å². The molecule has 20 heavy (non-hydrogen) atoms. The zero-order valence-electron chi connectivity index (χ0n) is 11.9. The molecule has 1 aliphatic rings. The predicted octanol–water partition coefficient (Wildman–Crippen LogP) is 2.11. The highest BCUT2D eigenvalue weighted by Gasteiger charge is 2.19. The quantitative estimate of drug-likeness (QED) is 0.828. The molecule has 0 amide bonds. The van der Waals surface area contributed by atoms with E-state index in [0.29, 0.717) is 18.4 Å². The van der Waals surface area contributed by atoms with E-state index in [9.17, 15) is 0 Å². The van der Waals surface area contributed by atoms with Gasteiger partial charge in [0.1, 0.15) is 0 Å². The van der Waals surface area contributed by atoms with E-state index in [0.717, 1.165) is 32.5 Å². The van der Waals surface area contributed by atoms with Crippen LogP contribution in [0.15, 0.2) is 0 Å². The Labute approximate surface area is 124 Å². The molecule has 0 bridgehead atoms. The molecule has 1 aromatic rings. The van der Waals surface area contributed by atoms with Gasteiger partial charge in [-0.15, -0.1) is 0 Å². The fourth-order valence-electron chi connectivity index (χ4n) is 2.25. The van der Waals surface area contributed by atoms with Crippen molar-refractivity contribution in [3.05, 3.63) is 5.28 Å². The lowest BCUT2D eigenvalue weighted by molar-refractivity contribution is 0.668. The Morgan fingerprint density at radius 2 is 2.05 bits per heavy atom. The number of hydrogen-bond donors (Lipinski definition) is 0. The number of halogens is 1. The van der Waals surface area contributed by atoms with Crippen molar-refractivity contribution < 1.29 is 0 Å². The first-order chi connectivity index (χ1) is 9.63. The first kappa shape index (κ1) is 14.8. The minimum absolute atomic E-state index is 0.0827. The first-order valence-electron chi connectivity index (χ1n) is 6.95. The summed E-state index contributed by atoms with van der Waals surface area (Å²) in [5.74, 6) is 1.11. The largest absolute Gasteiger partial charge is 0.341 e. The van der Waals surface area contributed by atoms with Crippen molar-refractivity contribution in [1.29, 1.82) is 5.26 Å². The average molecular weight is 295 g/mol. The van der Waals surface area contributed by atoms with Crippen molar-refractivity contribution in [2.75, 3.05) is 36.0 Å². The molecule has 1 fully saturated rings. The molecule has 1 atom stereocenters. The molecule has 0 N–H and O–H groups in total. The Hall–Kier alpha value is -1.61. The van der Waals surface area contributed by atoms with Crippen LogP contribution in [0.3, 0.4) is 0 Å². The monoisotopic (exact) mass is 294 g/mol. The van der Waals surface area contributed by atoms with Gasteiger partial charge < -0.3 is 9.80 Å². The van der Waals surface area contributed by atoms with Gasteiger partial charge in [-0.1, -0.05) is 0 Å². The second-order valence-corrected chi connectivity index (χ2v) is 5.31. The van der Waals surface area contributed by atoms with Crippen LogP contribution in [0.5, 0.6) is 0 Å². The standard InChI is InChI=1S/C13H19ClN6/c1-3-19(9-10(2)8-15)12-16-11(14)17-13(18-12)20-6-4-5-7-20/h10H,3-7,9H2,1-2H3. The number of nitriles is 1. The zero-order chi connectivity index (χ0) is 14.5. The molecule has 1 unspecified atom stereocenters. The Balaban J connectivity index is 2.23. The van der Waals surface area contributed by atoms with Crippen LogP contribution in [0.1, 0.15) is 26.7 Å². The highest BCUT2D eigenvalue weighted by molar-refractivity contribution is 6.28. The summed E-state index contributed by atoms with van der Waals surface area (Å²) >= 11 is 6.02. The summed E-state index contributed by atoms with van der Waals surface area (Å²) in [4.78, 5) is 17.0. The molecule has 2 heterocycles. The maximum atomic E-state index is 8.94. The van der Waals surface area contributed by atoms with E-state index in [1.807, 2.05) is 18.7 Å². The Kier molecular flexibility index (Phi) is 4.96. The van der Waals surface area contributed by atoms with Gasteiger partial charge in [0.2, 0.25) is 17.2 Å². The van der Waals surface area contributed by atoms with E-state index in [-0.39, 0.29) is 11.2 Å². The summed E-state index contributed by atoms with van der Waals surface area (Å²) in [6.45, 7) is 7.13. The smallest absolute Gasteiger partial charge is 0.231 e. The summed E-state index contributed by atoms with van der Waals surface area (Å²) in [6, 6.07) is 2.23. The summed E-state index contributed by atoms with van der Waals surface area (Å²) in [7, 11) is 0. The summed E-state index contributed by atoms with van der Waals surface area (Å²) < 4.78 is 0. The van der Waals surface area contributed by atoms with Crippen LogP contribution in [-0.4, -0.2) is 41.1 Å². The van der Waals surface area contributed by atoms with Crippen LogP contribution < -0.4 is 9.80 Å². The molecular weight excluding hydrogens is 276 g/mol. The highest BCUT2D eigenvalue weighted by Crippen LogP contribution is 2.20. The molecule has 1 saturated heterocycles. The molecule has 2 rings (SSSR count). The third-order valence-corrected chi connectivity index (χ3v) is 3.52. The van der Waals surface area contributed by atoms with Crippen LogP contribution in [-0.2, 0) is 0 Å². The van der Waals surface area contributed by atoms with E-state index >= 15 is 0 Å². The van der Waals surface area contributed by atoms with Gasteiger partial charge in [0.15, 0.2) is 0 Å². The predicted molar refractivity (Wildman–Crippen MR) is 78.9 cm³/mol. The van der Waals surface area contributed by atoms with Crippen LogP contribution in [0, 0.1) is 17.2 Å². The molecule has 7 heteroatoms. The van der Waals surface area contributed by atoms with Crippen molar-refractivity contribution in [3.63, 3.8) is 0 Å². The van der Waals surface area contributed by atoms with E-state index < -0.39 is 0 Å². The van der Waals surface area contributed by atoms with Gasteiger partial charge in [0, 0.05) is 26.2 Å². The maximum absolute atomic E-state index is 8.94. The van der Waals surface area contributed by atoms with Crippen molar-refractivity contribution >= 4 is 23.5 Å². The Morgan fingerprint density at radius 1 is 1.35 bits per heavy atom. The third-order valence-electron chi connectivity index (χ3n) is 3.35. The normalized spacial score (nSPS) is 16.0. The number of nitrogens with zero attached hydrogens (tertiary/aromatic N) is 6. The van der Waals surface area contributed by atoms with Gasteiger partial charge in [-0.25, -0.2) is 0 Å². The van der Waals surface area contributed by atoms with Crippen molar-refractivity contribution in [2.24, 2.45) is 5.92 Å². The SMILES string of the molecule is CCN(CC(C)C#N)c1nc(Cl)nc(N2CCCC2)n1. The highest BCUT2D eigenvalue weighted by atomic mass is 35.5. The minimum Gasteiger partial charge on any atom is -0.341 e. The lowest BCUT2D eigenvalue weighted by Gasteiger charge is -2.23. The molecule has 6 nitrogen and oxygen atoms in total. The van der Waals surface area contributed by atoms with Crippen molar-refractivity contribution in [2.45, 2.75) is 26.7 Å². The van der Waals surface area contributed by atoms with Gasteiger partial charge in [0.25, 0.3) is 0 Å². The Morgan fingerprint density at radius 3 is 2.65 bits per heavy atom. The van der Waals surface area contributed by atoms with E-state index in [4.69, 9.17) is 16.9 Å². The van der Waals surface area contributed by atoms with Gasteiger partial charge in [-0.2, -0.15) is 20.2 Å². The average Bonchev–Trinajstić information content (AvgIpc) is 2.97. The number of hydrogen-bond acceptors (Lipinski definition) is 6. The van der Waals surface area contributed by atoms with Gasteiger partial charge in [-0.05, 0) is 38.3 Å². The van der Waals surface area contributed by atoms with Crippen LogP contribution in [0.25, 0.3) is 0 Å². The van der Waals surface area contributed by atoms with E-state index in [2.05, 4.69) is 25.9 Å². The third kappa shape index (κ3) is 3.48. The fourth-order valence-corrected chi connectivity index (χ4v) is 2.40.